The van der Waals surface area contributed by atoms with Crippen LogP contribution >= 0.6 is 27.5 Å². The number of esters is 1. The molecule has 8 nitrogen and oxygen atoms in total. The number of rotatable bonds is 7. The lowest BCUT2D eigenvalue weighted by atomic mass is 9.94. The Morgan fingerprint density at radius 2 is 1.18 bits per heavy atom. The zero-order chi connectivity index (χ0) is 34.7. The fourth-order valence-corrected chi connectivity index (χ4v) is 6.62. The average molecular weight is 736 g/mol. The highest BCUT2D eigenvalue weighted by atomic mass is 79.9. The molecule has 7 rings (SSSR count). The van der Waals surface area contributed by atoms with Crippen LogP contribution in [0.5, 0.6) is 0 Å². The minimum absolute atomic E-state index is 0.295. The zero-order valence-corrected chi connectivity index (χ0v) is 28.5. The number of ether oxygens (including phenoxy) is 1. The van der Waals surface area contributed by atoms with Crippen LogP contribution < -0.4 is 9.80 Å². The van der Waals surface area contributed by atoms with Gasteiger partial charge in [-0.05, 0) is 74.9 Å². The van der Waals surface area contributed by atoms with Crippen LogP contribution in [0.1, 0.15) is 53.3 Å². The monoisotopic (exact) mass is 734 g/mol. The van der Waals surface area contributed by atoms with E-state index in [2.05, 4.69) is 15.9 Å². The van der Waals surface area contributed by atoms with Crippen molar-refractivity contribution in [1.82, 2.24) is 0 Å². The topological polar surface area (TPSA) is 101 Å². The lowest BCUT2D eigenvalue weighted by Gasteiger charge is -2.17. The standard InChI is InChI=1S/C24H18ClNO4.C15H10BrNO2/c1-30-24(29)19-13-18(25)11-10-16(19)12-17-8-5-9-20-21(17)22(27)23(28)26(20)14-15-6-3-2-4-7-15;16-11-7-4-8-12-13(11)14(18)15(19)17(12)9-10-5-2-1-3-6-10/h2-11,13H,12,14H2,1H3;1-8H,9H2. The van der Waals surface area contributed by atoms with Crippen molar-refractivity contribution in [1.29, 1.82) is 0 Å². The summed E-state index contributed by atoms with van der Waals surface area (Å²) in [5, 5.41) is 0.415. The Labute approximate surface area is 296 Å². The van der Waals surface area contributed by atoms with Gasteiger partial charge in [-0.2, -0.15) is 0 Å². The largest absolute Gasteiger partial charge is 0.465 e. The van der Waals surface area contributed by atoms with Crippen molar-refractivity contribution < 1.29 is 28.7 Å². The number of hydrogen-bond acceptors (Lipinski definition) is 6. The van der Waals surface area contributed by atoms with Gasteiger partial charge in [0.1, 0.15) is 0 Å². The maximum atomic E-state index is 12.8. The summed E-state index contributed by atoms with van der Waals surface area (Å²) < 4.78 is 5.52. The molecule has 0 fully saturated rings. The summed E-state index contributed by atoms with van der Waals surface area (Å²) in [6, 6.07) is 34.9. The van der Waals surface area contributed by atoms with E-state index in [1.54, 1.807) is 42.5 Å². The van der Waals surface area contributed by atoms with Crippen LogP contribution in [0.3, 0.4) is 0 Å². The number of carbonyl (C=O) groups is 5. The molecule has 0 N–H and O–H groups in total. The molecule has 0 bridgehead atoms. The third-order valence-corrected chi connectivity index (χ3v) is 9.16. The van der Waals surface area contributed by atoms with Crippen molar-refractivity contribution in [2.24, 2.45) is 0 Å². The molecule has 0 saturated carbocycles. The van der Waals surface area contributed by atoms with Gasteiger partial charge < -0.3 is 14.5 Å². The number of halogens is 2. The molecule has 2 aliphatic rings. The Morgan fingerprint density at radius 1 is 0.653 bits per heavy atom. The van der Waals surface area contributed by atoms with Crippen LogP contribution in [0.15, 0.2) is 120 Å². The fraction of sp³-hybridized carbons (Fsp3) is 0.103. The maximum absolute atomic E-state index is 12.8. The molecular formula is C39H28BrClN2O6. The van der Waals surface area contributed by atoms with E-state index in [9.17, 15) is 24.0 Å². The lowest BCUT2D eigenvalue weighted by Crippen LogP contribution is -2.29. The van der Waals surface area contributed by atoms with Gasteiger partial charge in [-0.15, -0.1) is 0 Å². The molecule has 2 heterocycles. The van der Waals surface area contributed by atoms with Gasteiger partial charge >= 0.3 is 5.97 Å². The minimum atomic E-state index is -0.550. The second kappa shape index (κ2) is 14.4. The van der Waals surface area contributed by atoms with Crippen LogP contribution in [-0.2, 0) is 33.8 Å². The van der Waals surface area contributed by atoms with Crippen molar-refractivity contribution in [2.75, 3.05) is 16.9 Å². The van der Waals surface area contributed by atoms with E-state index in [1.165, 1.54) is 16.9 Å². The highest BCUT2D eigenvalue weighted by Gasteiger charge is 2.38. The van der Waals surface area contributed by atoms with Crippen molar-refractivity contribution in [3.05, 3.63) is 164 Å². The number of hydrogen-bond donors (Lipinski definition) is 0. The van der Waals surface area contributed by atoms with Crippen LogP contribution in [0.4, 0.5) is 11.4 Å². The predicted octanol–water partition coefficient (Wildman–Crippen LogP) is 7.63. The van der Waals surface area contributed by atoms with Gasteiger partial charge in [0.05, 0.1) is 48.3 Å². The Morgan fingerprint density at radius 3 is 1.76 bits per heavy atom. The van der Waals surface area contributed by atoms with Crippen molar-refractivity contribution >= 4 is 68.3 Å². The molecule has 49 heavy (non-hydrogen) atoms. The molecule has 0 spiro atoms. The summed E-state index contributed by atoms with van der Waals surface area (Å²) >= 11 is 9.37. The number of amides is 2. The second-order valence-corrected chi connectivity index (χ2v) is 12.6. The number of carbonyl (C=O) groups excluding carboxylic acids is 5. The van der Waals surface area contributed by atoms with E-state index >= 15 is 0 Å². The quantitative estimate of drug-likeness (QED) is 0.126. The van der Waals surface area contributed by atoms with Gasteiger partial charge in [-0.3, -0.25) is 19.2 Å². The first-order valence-corrected chi connectivity index (χ1v) is 16.4. The van der Waals surface area contributed by atoms with E-state index in [4.69, 9.17) is 16.3 Å². The van der Waals surface area contributed by atoms with Gasteiger partial charge in [-0.25, -0.2) is 4.79 Å². The van der Waals surface area contributed by atoms with Gasteiger partial charge in [0.25, 0.3) is 23.4 Å². The molecule has 10 heteroatoms. The number of anilines is 2. The van der Waals surface area contributed by atoms with Crippen LogP contribution in [0.2, 0.25) is 5.02 Å². The first kappa shape index (κ1) is 33.5. The van der Waals surface area contributed by atoms with Gasteiger partial charge in [0.15, 0.2) is 0 Å². The molecule has 0 radical (unpaired) electrons. The Hall–Kier alpha value is -5.38. The van der Waals surface area contributed by atoms with E-state index in [1.807, 2.05) is 72.8 Å². The van der Waals surface area contributed by atoms with Gasteiger partial charge in [-0.1, -0.05) is 96.5 Å². The number of methoxy groups -OCH3 is 1. The molecule has 244 valence electrons. The maximum Gasteiger partial charge on any atom is 0.338 e. The van der Waals surface area contributed by atoms with Gasteiger partial charge in [0, 0.05) is 9.50 Å². The molecule has 5 aromatic rings. The van der Waals surface area contributed by atoms with E-state index in [-0.39, 0.29) is 0 Å². The summed E-state index contributed by atoms with van der Waals surface area (Å²) in [6.07, 6.45) is 0.295. The molecule has 2 aliphatic heterocycles. The summed E-state index contributed by atoms with van der Waals surface area (Å²) in [5.41, 5.74) is 5.70. The molecule has 0 aliphatic carbocycles. The molecular weight excluding hydrogens is 708 g/mol. The van der Waals surface area contributed by atoms with Crippen molar-refractivity contribution in [3.8, 4) is 0 Å². The third kappa shape index (κ3) is 6.81. The number of ketones is 2. The normalized spacial score (nSPS) is 13.2. The van der Waals surface area contributed by atoms with Crippen molar-refractivity contribution in [2.45, 2.75) is 19.5 Å². The summed E-state index contributed by atoms with van der Waals surface area (Å²) in [7, 11) is 1.30. The molecule has 2 amide bonds. The van der Waals surface area contributed by atoms with Gasteiger partial charge in [0.2, 0.25) is 0 Å². The molecule has 0 unspecified atom stereocenters. The first-order valence-electron chi connectivity index (χ1n) is 15.2. The summed E-state index contributed by atoms with van der Waals surface area (Å²) in [6.45, 7) is 0.727. The second-order valence-electron chi connectivity index (χ2n) is 11.3. The SMILES string of the molecule is COC(=O)c1cc(Cl)ccc1Cc1cccc2c1C(=O)C(=O)N2Cc1ccccc1.O=C1C(=O)N(Cc2ccccc2)c2cccc(Br)c21. The highest BCUT2D eigenvalue weighted by molar-refractivity contribution is 9.10. The number of fused-ring (bicyclic) bond motifs is 2. The van der Waals surface area contributed by atoms with Crippen LogP contribution in [0.25, 0.3) is 0 Å². The Bertz CT molecular complexity index is 2120. The molecule has 5 aromatic carbocycles. The summed E-state index contributed by atoms with van der Waals surface area (Å²) in [4.78, 5) is 64.8. The first-order chi connectivity index (χ1) is 23.7. The van der Waals surface area contributed by atoms with E-state index in [0.29, 0.717) is 68.2 Å². The Balaban J connectivity index is 0.000000188. The van der Waals surface area contributed by atoms with Crippen LogP contribution in [0, 0.1) is 0 Å². The number of benzene rings is 5. The Kier molecular flexibility index (Phi) is 9.85. The smallest absolute Gasteiger partial charge is 0.338 e. The summed E-state index contributed by atoms with van der Waals surface area (Å²) in [5.74, 6) is -2.51. The fourth-order valence-electron chi connectivity index (χ4n) is 5.92. The molecule has 0 saturated heterocycles. The molecule has 0 aromatic heterocycles. The highest BCUT2D eigenvalue weighted by Crippen LogP contribution is 2.36. The third-order valence-electron chi connectivity index (χ3n) is 8.26. The average Bonchev–Trinajstić information content (AvgIpc) is 3.51. The molecule has 0 atom stereocenters. The zero-order valence-electron chi connectivity index (χ0n) is 26.2. The van der Waals surface area contributed by atoms with E-state index in [0.717, 1.165) is 11.1 Å². The van der Waals surface area contributed by atoms with Crippen LogP contribution in [-0.4, -0.2) is 36.5 Å². The minimum Gasteiger partial charge on any atom is -0.465 e. The van der Waals surface area contributed by atoms with E-state index < -0.39 is 29.4 Å². The van der Waals surface area contributed by atoms with Crippen molar-refractivity contribution in [3.63, 3.8) is 0 Å². The number of nitrogens with zero attached hydrogens (tertiary/aromatic N) is 2. The predicted molar refractivity (Wildman–Crippen MR) is 190 cm³/mol. The lowest BCUT2D eigenvalue weighted by molar-refractivity contribution is -0.115. The number of Topliss-reactive ketones (excluding diaryl/α,β-unsaturated/α-hetero) is 2.